The van der Waals surface area contributed by atoms with Crippen molar-refractivity contribution in [3.05, 3.63) is 22.4 Å². The molecule has 1 amide bonds. The molecule has 1 aliphatic heterocycles. The molecule has 1 atom stereocenters. The van der Waals surface area contributed by atoms with Crippen LogP contribution in [0.3, 0.4) is 0 Å². The number of piperidine rings is 1. The molecule has 0 aromatic carbocycles. The molecular formula is C17H31Cl2N3O3S2. The second-order valence-electron chi connectivity index (χ2n) is 6.52. The van der Waals surface area contributed by atoms with Crippen LogP contribution in [-0.2, 0) is 14.6 Å². The molecular weight excluding hydrogens is 429 g/mol. The zero-order valence-corrected chi connectivity index (χ0v) is 19.3. The third kappa shape index (κ3) is 6.05. The molecule has 1 aliphatic rings. The smallest absolute Gasteiger partial charge is 0.241 e. The number of sulfone groups is 1. The van der Waals surface area contributed by atoms with Crippen LogP contribution in [-0.4, -0.2) is 63.0 Å². The molecule has 0 radical (unpaired) electrons. The monoisotopic (exact) mass is 459 g/mol. The molecule has 1 saturated heterocycles. The lowest BCUT2D eigenvalue weighted by Gasteiger charge is -2.36. The number of likely N-dealkylation sites (N-methyl/N-ethyl adjacent to an activating group) is 1. The second-order valence-corrected chi connectivity index (χ2v) is 9.63. The van der Waals surface area contributed by atoms with Crippen LogP contribution < -0.4 is 10.6 Å². The van der Waals surface area contributed by atoms with Gasteiger partial charge in [0.25, 0.3) is 0 Å². The maximum absolute atomic E-state index is 12.9. The van der Waals surface area contributed by atoms with Gasteiger partial charge in [0.05, 0.1) is 6.04 Å². The summed E-state index contributed by atoms with van der Waals surface area (Å²) in [5.74, 6) is -0.358. The van der Waals surface area contributed by atoms with Gasteiger partial charge in [-0.2, -0.15) is 11.3 Å². The van der Waals surface area contributed by atoms with Gasteiger partial charge in [0.1, 0.15) is 0 Å². The van der Waals surface area contributed by atoms with Gasteiger partial charge in [-0.3, -0.25) is 9.69 Å². The van der Waals surface area contributed by atoms with Gasteiger partial charge in [-0.15, -0.1) is 24.8 Å². The van der Waals surface area contributed by atoms with Crippen molar-refractivity contribution < 1.29 is 13.2 Å². The topological polar surface area (TPSA) is 78.5 Å². The van der Waals surface area contributed by atoms with Crippen molar-refractivity contribution in [1.29, 1.82) is 0 Å². The van der Waals surface area contributed by atoms with Crippen LogP contribution in [0.2, 0.25) is 0 Å². The summed E-state index contributed by atoms with van der Waals surface area (Å²) in [6.07, 6.45) is 1.83. The van der Waals surface area contributed by atoms with E-state index in [-0.39, 0.29) is 36.8 Å². The molecule has 10 heteroatoms. The molecule has 1 unspecified atom stereocenters. The average molecular weight is 460 g/mol. The maximum Gasteiger partial charge on any atom is 0.241 e. The average Bonchev–Trinajstić information content (AvgIpc) is 3.12. The largest absolute Gasteiger partial charge is 0.353 e. The summed E-state index contributed by atoms with van der Waals surface area (Å²) in [5, 5.41) is 10.2. The lowest BCUT2D eigenvalue weighted by molar-refractivity contribution is -0.124. The van der Waals surface area contributed by atoms with Gasteiger partial charge < -0.3 is 10.6 Å². The van der Waals surface area contributed by atoms with E-state index in [1.54, 1.807) is 11.3 Å². The standard InChI is InChI=1S/C17H29N3O3S2.2ClH/c1-4-20(5-2)15(14-6-11-24-13-14)12-19-16(21)17(25(3,22)23)7-9-18-10-8-17;;/h6,11,13,15,18H,4-5,7-10,12H2,1-3H3,(H,19,21);2*1H. The van der Waals surface area contributed by atoms with Gasteiger partial charge in [0, 0.05) is 12.8 Å². The van der Waals surface area contributed by atoms with Crippen LogP contribution in [0.15, 0.2) is 16.8 Å². The van der Waals surface area contributed by atoms with Crippen LogP contribution in [0.4, 0.5) is 0 Å². The summed E-state index contributed by atoms with van der Waals surface area (Å²) in [6.45, 7) is 7.43. The van der Waals surface area contributed by atoms with E-state index in [0.29, 0.717) is 32.5 Å². The highest BCUT2D eigenvalue weighted by molar-refractivity contribution is 7.92. The van der Waals surface area contributed by atoms with Gasteiger partial charge in [-0.25, -0.2) is 8.42 Å². The molecule has 2 N–H and O–H groups in total. The number of carbonyl (C=O) groups is 1. The number of nitrogens with one attached hydrogen (secondary N) is 2. The van der Waals surface area contributed by atoms with Crippen LogP contribution in [0.25, 0.3) is 0 Å². The summed E-state index contributed by atoms with van der Waals surface area (Å²) < 4.78 is 23.4. The summed E-state index contributed by atoms with van der Waals surface area (Å²) in [4.78, 5) is 15.2. The van der Waals surface area contributed by atoms with Gasteiger partial charge >= 0.3 is 0 Å². The van der Waals surface area contributed by atoms with Crippen LogP contribution in [0.5, 0.6) is 0 Å². The number of hydrogen-bond acceptors (Lipinski definition) is 6. The van der Waals surface area contributed by atoms with Crippen molar-refractivity contribution >= 4 is 51.9 Å². The van der Waals surface area contributed by atoms with Crippen molar-refractivity contribution in [3.63, 3.8) is 0 Å². The first-order valence-corrected chi connectivity index (χ1v) is 11.6. The highest BCUT2D eigenvalue weighted by Gasteiger charge is 2.48. The van der Waals surface area contributed by atoms with Crippen molar-refractivity contribution in [3.8, 4) is 0 Å². The van der Waals surface area contributed by atoms with E-state index >= 15 is 0 Å². The summed E-state index contributed by atoms with van der Waals surface area (Å²) in [7, 11) is -3.48. The van der Waals surface area contributed by atoms with E-state index in [2.05, 4.69) is 40.8 Å². The molecule has 1 aromatic rings. The Bertz CT molecular complexity index is 659. The van der Waals surface area contributed by atoms with Crippen LogP contribution in [0, 0.1) is 0 Å². The molecule has 6 nitrogen and oxygen atoms in total. The fourth-order valence-corrected chi connectivity index (χ4v) is 5.60. The maximum atomic E-state index is 12.9. The number of thiophene rings is 1. The third-order valence-corrected chi connectivity index (χ3v) is 7.89. The summed E-state index contributed by atoms with van der Waals surface area (Å²) in [5.41, 5.74) is 1.16. The second kappa shape index (κ2) is 11.6. The fourth-order valence-electron chi connectivity index (χ4n) is 3.53. The van der Waals surface area contributed by atoms with Gasteiger partial charge in [-0.05, 0) is 61.4 Å². The SMILES string of the molecule is CCN(CC)C(CNC(=O)C1(S(C)(=O)=O)CCNCC1)c1ccsc1.Cl.Cl. The molecule has 27 heavy (non-hydrogen) atoms. The lowest BCUT2D eigenvalue weighted by Crippen LogP contribution is -2.58. The number of halogens is 2. The Morgan fingerprint density at radius 3 is 2.33 bits per heavy atom. The number of nitrogens with zero attached hydrogens (tertiary/aromatic N) is 1. The van der Waals surface area contributed by atoms with Crippen molar-refractivity contribution in [2.24, 2.45) is 0 Å². The van der Waals surface area contributed by atoms with E-state index in [4.69, 9.17) is 0 Å². The molecule has 1 fully saturated rings. The van der Waals surface area contributed by atoms with Crippen molar-refractivity contribution in [1.82, 2.24) is 15.5 Å². The molecule has 0 bridgehead atoms. The minimum absolute atomic E-state index is 0. The first kappa shape index (κ1) is 26.6. The number of hydrogen-bond donors (Lipinski definition) is 2. The first-order chi connectivity index (χ1) is 11.9. The van der Waals surface area contributed by atoms with Gasteiger partial charge in [0.15, 0.2) is 14.6 Å². The summed E-state index contributed by atoms with van der Waals surface area (Å²) in [6, 6.07) is 2.12. The Kier molecular flexibility index (Phi) is 11.4. The Morgan fingerprint density at radius 2 is 1.89 bits per heavy atom. The Labute approximate surface area is 179 Å². The Hall–Kier alpha value is -0.380. The predicted molar refractivity (Wildman–Crippen MR) is 117 cm³/mol. The fraction of sp³-hybridized carbons (Fsp3) is 0.706. The zero-order valence-electron chi connectivity index (χ0n) is 16.1. The van der Waals surface area contributed by atoms with E-state index in [0.717, 1.165) is 18.7 Å². The van der Waals surface area contributed by atoms with Crippen molar-refractivity contribution in [2.75, 3.05) is 39.0 Å². The van der Waals surface area contributed by atoms with Crippen LogP contribution in [0.1, 0.15) is 38.3 Å². The molecule has 0 saturated carbocycles. The quantitative estimate of drug-likeness (QED) is 0.622. The van der Waals surface area contributed by atoms with Crippen LogP contribution >= 0.6 is 36.2 Å². The van der Waals surface area contributed by atoms with E-state index in [1.165, 1.54) is 6.26 Å². The molecule has 1 aromatic heterocycles. The molecule has 158 valence electrons. The number of rotatable bonds is 8. The summed E-state index contributed by atoms with van der Waals surface area (Å²) >= 11 is 1.63. The predicted octanol–water partition coefficient (Wildman–Crippen LogP) is 2.26. The molecule has 2 rings (SSSR count). The third-order valence-electron chi connectivity index (χ3n) is 5.17. The minimum atomic E-state index is -3.48. The van der Waals surface area contributed by atoms with Gasteiger partial charge in [-0.1, -0.05) is 13.8 Å². The Balaban J connectivity index is 0.00000338. The van der Waals surface area contributed by atoms with Gasteiger partial charge in [0.2, 0.25) is 5.91 Å². The molecule has 0 spiro atoms. The lowest BCUT2D eigenvalue weighted by atomic mass is 9.95. The van der Waals surface area contributed by atoms with E-state index in [1.807, 2.05) is 5.38 Å². The normalized spacial score (nSPS) is 17.5. The highest BCUT2D eigenvalue weighted by atomic mass is 35.5. The molecule has 0 aliphatic carbocycles. The number of carbonyl (C=O) groups excluding carboxylic acids is 1. The number of amides is 1. The highest BCUT2D eigenvalue weighted by Crippen LogP contribution is 2.29. The van der Waals surface area contributed by atoms with E-state index < -0.39 is 14.6 Å². The Morgan fingerprint density at radius 1 is 1.30 bits per heavy atom. The van der Waals surface area contributed by atoms with Crippen molar-refractivity contribution in [2.45, 2.75) is 37.5 Å². The first-order valence-electron chi connectivity index (χ1n) is 8.80. The molecule has 2 heterocycles. The zero-order chi connectivity index (χ0) is 18.5. The van der Waals surface area contributed by atoms with E-state index in [9.17, 15) is 13.2 Å². The minimum Gasteiger partial charge on any atom is -0.353 e.